The number of ketones is 1. The third-order valence-corrected chi connectivity index (χ3v) is 5.93. The molecule has 0 saturated carbocycles. The standard InChI is InChI=1S/C18H20N4O2S/c1-10(2)12-4-5-13-14(7-19)17(25-16(13)6-12)21-18(24)22-8-15(11(3)23)20-9-22/h8-10,12H,4-6H2,1-3H3,(H,21,24). The number of nitrogens with one attached hydrogen (secondary N) is 1. The van der Waals surface area contributed by atoms with Crippen molar-refractivity contribution in [3.63, 3.8) is 0 Å². The minimum Gasteiger partial charge on any atom is -0.297 e. The van der Waals surface area contributed by atoms with Crippen molar-refractivity contribution in [2.24, 2.45) is 11.8 Å². The lowest BCUT2D eigenvalue weighted by molar-refractivity contribution is 0.101. The molecule has 130 valence electrons. The average molecular weight is 356 g/mol. The highest BCUT2D eigenvalue weighted by Gasteiger charge is 2.28. The maximum absolute atomic E-state index is 12.4. The number of thiophene rings is 1. The van der Waals surface area contributed by atoms with Crippen LogP contribution in [0.5, 0.6) is 0 Å². The lowest BCUT2D eigenvalue weighted by atomic mass is 9.81. The molecule has 1 aliphatic carbocycles. The summed E-state index contributed by atoms with van der Waals surface area (Å²) in [5, 5.41) is 12.9. The first-order valence-electron chi connectivity index (χ1n) is 8.31. The molecule has 0 saturated heterocycles. The van der Waals surface area contributed by atoms with E-state index in [9.17, 15) is 14.9 Å². The number of carbonyl (C=O) groups excluding carboxylic acids is 2. The van der Waals surface area contributed by atoms with Crippen molar-refractivity contribution in [2.45, 2.75) is 40.0 Å². The van der Waals surface area contributed by atoms with Gasteiger partial charge in [0.1, 0.15) is 23.1 Å². The van der Waals surface area contributed by atoms with E-state index in [0.717, 1.165) is 24.8 Å². The molecule has 0 bridgehead atoms. The van der Waals surface area contributed by atoms with Crippen LogP contribution in [0.4, 0.5) is 9.80 Å². The second kappa shape index (κ2) is 6.81. The van der Waals surface area contributed by atoms with E-state index in [1.54, 1.807) is 0 Å². The fourth-order valence-corrected chi connectivity index (χ4v) is 4.44. The Morgan fingerprint density at radius 3 is 2.84 bits per heavy atom. The van der Waals surface area contributed by atoms with Crippen molar-refractivity contribution < 1.29 is 9.59 Å². The normalized spacial score (nSPS) is 16.4. The molecule has 1 amide bonds. The van der Waals surface area contributed by atoms with Crippen LogP contribution in [-0.2, 0) is 12.8 Å². The Hall–Kier alpha value is -2.46. The third kappa shape index (κ3) is 3.35. The highest BCUT2D eigenvalue weighted by Crippen LogP contribution is 2.41. The molecule has 0 aromatic carbocycles. The highest BCUT2D eigenvalue weighted by molar-refractivity contribution is 7.16. The van der Waals surface area contributed by atoms with Crippen LogP contribution in [-0.4, -0.2) is 21.4 Å². The van der Waals surface area contributed by atoms with Crippen molar-refractivity contribution in [2.75, 3.05) is 5.32 Å². The van der Waals surface area contributed by atoms with Crippen LogP contribution in [0.25, 0.3) is 0 Å². The van der Waals surface area contributed by atoms with Crippen LogP contribution in [0.2, 0.25) is 0 Å². The summed E-state index contributed by atoms with van der Waals surface area (Å²) < 4.78 is 1.23. The SMILES string of the molecule is CC(=O)c1cn(C(=O)Nc2sc3c(c2C#N)CCC(C(C)C)C3)cn1. The number of nitrogens with zero attached hydrogens (tertiary/aromatic N) is 3. The number of Topliss-reactive ketones (excluding diaryl/α,β-unsaturated/α-hetero) is 1. The molecule has 2 heterocycles. The Bertz CT molecular complexity index is 872. The molecule has 1 N–H and O–H groups in total. The van der Waals surface area contributed by atoms with Crippen molar-refractivity contribution in [3.05, 3.63) is 34.2 Å². The van der Waals surface area contributed by atoms with Crippen LogP contribution in [0.15, 0.2) is 12.5 Å². The predicted molar refractivity (Wildman–Crippen MR) is 96.0 cm³/mol. The summed E-state index contributed by atoms with van der Waals surface area (Å²) in [5.41, 5.74) is 1.89. The zero-order valence-electron chi connectivity index (χ0n) is 14.5. The smallest absolute Gasteiger partial charge is 0.297 e. The van der Waals surface area contributed by atoms with Crippen molar-refractivity contribution in [3.8, 4) is 6.07 Å². The Morgan fingerprint density at radius 2 is 2.24 bits per heavy atom. The van der Waals surface area contributed by atoms with Gasteiger partial charge in [0.05, 0.1) is 5.56 Å². The van der Waals surface area contributed by atoms with Gasteiger partial charge in [-0.05, 0) is 36.7 Å². The number of hydrogen-bond donors (Lipinski definition) is 1. The third-order valence-electron chi connectivity index (χ3n) is 4.76. The summed E-state index contributed by atoms with van der Waals surface area (Å²) in [6, 6.07) is 1.82. The number of fused-ring (bicyclic) bond motifs is 1. The Balaban J connectivity index is 1.84. The largest absolute Gasteiger partial charge is 0.331 e. The fourth-order valence-electron chi connectivity index (χ4n) is 3.16. The lowest BCUT2D eigenvalue weighted by Gasteiger charge is -2.25. The van der Waals surface area contributed by atoms with Crippen LogP contribution in [0.3, 0.4) is 0 Å². The number of aromatic nitrogens is 2. The molecule has 2 aromatic heterocycles. The topological polar surface area (TPSA) is 87.8 Å². The number of anilines is 1. The maximum atomic E-state index is 12.4. The number of amides is 1. The summed E-state index contributed by atoms with van der Waals surface area (Å²) in [5.74, 6) is 1.03. The molecule has 25 heavy (non-hydrogen) atoms. The molecule has 3 rings (SSSR count). The van der Waals surface area contributed by atoms with Gasteiger partial charge in [-0.25, -0.2) is 9.78 Å². The monoisotopic (exact) mass is 356 g/mol. The summed E-state index contributed by atoms with van der Waals surface area (Å²) in [4.78, 5) is 28.8. The zero-order valence-corrected chi connectivity index (χ0v) is 15.3. The van der Waals surface area contributed by atoms with Crippen molar-refractivity contribution >= 4 is 28.2 Å². The van der Waals surface area contributed by atoms with Gasteiger partial charge in [-0.15, -0.1) is 11.3 Å². The Kier molecular flexibility index (Phi) is 4.73. The molecular weight excluding hydrogens is 336 g/mol. The molecule has 6 nitrogen and oxygen atoms in total. The lowest BCUT2D eigenvalue weighted by Crippen LogP contribution is -2.18. The number of carbonyl (C=O) groups is 2. The van der Waals surface area contributed by atoms with E-state index in [1.807, 2.05) is 0 Å². The summed E-state index contributed by atoms with van der Waals surface area (Å²) in [6.45, 7) is 5.85. The summed E-state index contributed by atoms with van der Waals surface area (Å²) in [6.07, 6.45) is 5.62. The molecule has 1 atom stereocenters. The highest BCUT2D eigenvalue weighted by atomic mass is 32.1. The number of imidazole rings is 1. The minimum atomic E-state index is -0.421. The van der Waals surface area contributed by atoms with Crippen molar-refractivity contribution in [1.29, 1.82) is 5.26 Å². The average Bonchev–Trinajstić information content (AvgIpc) is 3.18. The van der Waals surface area contributed by atoms with Gasteiger partial charge in [-0.2, -0.15) is 5.26 Å². The Labute approximate surface area is 150 Å². The second-order valence-corrected chi connectivity index (χ2v) is 7.82. The maximum Gasteiger partial charge on any atom is 0.331 e. The fraction of sp³-hybridized carbons (Fsp3) is 0.444. The van der Waals surface area contributed by atoms with E-state index in [4.69, 9.17) is 0 Å². The molecule has 0 radical (unpaired) electrons. The van der Waals surface area contributed by atoms with Gasteiger partial charge in [0.15, 0.2) is 5.78 Å². The van der Waals surface area contributed by atoms with E-state index in [2.05, 4.69) is 30.2 Å². The van der Waals surface area contributed by atoms with Crippen LogP contribution in [0.1, 0.15) is 53.7 Å². The minimum absolute atomic E-state index is 0.199. The molecule has 1 aliphatic rings. The van der Waals surface area contributed by atoms with E-state index in [-0.39, 0.29) is 11.5 Å². The number of rotatable bonds is 3. The molecule has 0 aliphatic heterocycles. The van der Waals surface area contributed by atoms with Gasteiger partial charge >= 0.3 is 6.03 Å². The first-order valence-corrected chi connectivity index (χ1v) is 9.13. The van der Waals surface area contributed by atoms with E-state index in [1.165, 1.54) is 40.2 Å². The predicted octanol–water partition coefficient (Wildman–Crippen LogP) is 3.86. The molecule has 0 fully saturated rings. The first kappa shape index (κ1) is 17.4. The van der Waals surface area contributed by atoms with Gasteiger partial charge < -0.3 is 0 Å². The number of nitriles is 1. The van der Waals surface area contributed by atoms with Gasteiger partial charge in [0.2, 0.25) is 0 Å². The number of hydrogen-bond acceptors (Lipinski definition) is 5. The Morgan fingerprint density at radius 1 is 1.48 bits per heavy atom. The van der Waals surface area contributed by atoms with Gasteiger partial charge in [-0.1, -0.05) is 13.8 Å². The van der Waals surface area contributed by atoms with Crippen molar-refractivity contribution in [1.82, 2.24) is 9.55 Å². The molecule has 0 spiro atoms. The quantitative estimate of drug-likeness (QED) is 0.846. The summed E-state index contributed by atoms with van der Waals surface area (Å²) >= 11 is 1.49. The van der Waals surface area contributed by atoms with E-state index >= 15 is 0 Å². The van der Waals surface area contributed by atoms with Crippen LogP contribution >= 0.6 is 11.3 Å². The van der Waals surface area contributed by atoms with E-state index < -0.39 is 6.03 Å². The van der Waals surface area contributed by atoms with E-state index in [0.29, 0.717) is 22.4 Å². The zero-order chi connectivity index (χ0) is 18.1. The van der Waals surface area contributed by atoms with Crippen LogP contribution in [0, 0.1) is 23.2 Å². The first-order chi connectivity index (χ1) is 11.9. The molecule has 2 aromatic rings. The molecule has 7 heteroatoms. The molecule has 1 unspecified atom stereocenters. The summed E-state index contributed by atoms with van der Waals surface area (Å²) in [7, 11) is 0. The van der Waals surface area contributed by atoms with Gasteiger partial charge in [0, 0.05) is 18.0 Å². The molecular formula is C18H20N4O2S. The van der Waals surface area contributed by atoms with Gasteiger partial charge in [0.25, 0.3) is 0 Å². The van der Waals surface area contributed by atoms with Gasteiger partial charge in [-0.3, -0.25) is 14.7 Å². The second-order valence-electron chi connectivity index (χ2n) is 6.72. The van der Waals surface area contributed by atoms with Crippen LogP contribution < -0.4 is 5.32 Å².